The molecule has 0 amide bonds. The first-order valence-electron chi connectivity index (χ1n) is 9.48. The molecule has 1 fully saturated rings. The van der Waals surface area contributed by atoms with Gasteiger partial charge in [-0.25, -0.2) is 4.68 Å². The molecule has 0 N–H and O–H groups in total. The number of hydrogen-bond donors (Lipinski definition) is 0. The standard InChI is InChI=1S/C22H21Cl2N3O/c23-19-9-4-16(14-20(19)24)15-27-22(28)11-10-21(25-27)17-5-7-18(8-6-17)26-12-2-1-3-13-26/h4-11,14H,1-3,12-13,15H2. The molecular formula is C22H21Cl2N3O. The highest BCUT2D eigenvalue weighted by Gasteiger charge is 2.11. The van der Waals surface area contributed by atoms with Crippen molar-refractivity contribution in [2.75, 3.05) is 18.0 Å². The Bertz CT molecular complexity index is 1020. The zero-order valence-electron chi connectivity index (χ0n) is 15.4. The van der Waals surface area contributed by atoms with Gasteiger partial charge in [0.1, 0.15) is 0 Å². The second-order valence-corrected chi connectivity index (χ2v) is 7.87. The van der Waals surface area contributed by atoms with Crippen LogP contribution in [0.25, 0.3) is 11.3 Å². The maximum Gasteiger partial charge on any atom is 0.267 e. The molecule has 0 aliphatic carbocycles. The zero-order valence-corrected chi connectivity index (χ0v) is 17.0. The molecule has 1 saturated heterocycles. The lowest BCUT2D eigenvalue weighted by Gasteiger charge is -2.28. The summed E-state index contributed by atoms with van der Waals surface area (Å²) in [4.78, 5) is 14.7. The van der Waals surface area contributed by atoms with E-state index in [1.54, 1.807) is 24.3 Å². The van der Waals surface area contributed by atoms with E-state index in [-0.39, 0.29) is 5.56 Å². The molecule has 6 heteroatoms. The molecule has 2 heterocycles. The lowest BCUT2D eigenvalue weighted by atomic mass is 10.1. The first-order chi connectivity index (χ1) is 13.6. The van der Waals surface area contributed by atoms with Gasteiger partial charge < -0.3 is 4.90 Å². The maximum absolute atomic E-state index is 12.3. The number of hydrogen-bond acceptors (Lipinski definition) is 3. The number of benzene rings is 2. The van der Waals surface area contributed by atoms with Crippen molar-refractivity contribution in [3.63, 3.8) is 0 Å². The highest BCUT2D eigenvalue weighted by atomic mass is 35.5. The molecule has 0 saturated carbocycles. The molecule has 0 unspecified atom stereocenters. The number of aromatic nitrogens is 2. The average molecular weight is 414 g/mol. The zero-order chi connectivity index (χ0) is 19.5. The smallest absolute Gasteiger partial charge is 0.267 e. The van der Waals surface area contributed by atoms with Crippen molar-refractivity contribution in [2.45, 2.75) is 25.8 Å². The van der Waals surface area contributed by atoms with Crippen LogP contribution >= 0.6 is 23.2 Å². The van der Waals surface area contributed by atoms with Crippen molar-refractivity contribution in [2.24, 2.45) is 0 Å². The fourth-order valence-corrected chi connectivity index (χ4v) is 3.84. The Balaban J connectivity index is 1.57. The molecule has 4 rings (SSSR count). The third kappa shape index (κ3) is 4.23. The Morgan fingerprint density at radius 2 is 1.61 bits per heavy atom. The fourth-order valence-electron chi connectivity index (χ4n) is 3.52. The SMILES string of the molecule is O=c1ccc(-c2ccc(N3CCCCC3)cc2)nn1Cc1ccc(Cl)c(Cl)c1. The molecule has 0 atom stereocenters. The number of halogens is 2. The quantitative estimate of drug-likeness (QED) is 0.585. The monoisotopic (exact) mass is 413 g/mol. The first kappa shape index (κ1) is 19.0. The number of piperidine rings is 1. The van der Waals surface area contributed by atoms with E-state index in [0.29, 0.717) is 16.6 Å². The Kier molecular flexibility index (Phi) is 5.69. The number of rotatable bonds is 4. The average Bonchev–Trinajstić information content (AvgIpc) is 2.73. The summed E-state index contributed by atoms with van der Waals surface area (Å²) in [6, 6.07) is 17.1. The van der Waals surface area contributed by atoms with E-state index in [1.807, 2.05) is 6.07 Å². The molecule has 0 spiro atoms. The van der Waals surface area contributed by atoms with Crippen LogP contribution in [0.3, 0.4) is 0 Å². The van der Waals surface area contributed by atoms with E-state index in [2.05, 4.69) is 34.3 Å². The van der Waals surface area contributed by atoms with Gasteiger partial charge in [-0.2, -0.15) is 5.10 Å². The molecule has 2 aromatic carbocycles. The summed E-state index contributed by atoms with van der Waals surface area (Å²) >= 11 is 12.1. The predicted molar refractivity (Wildman–Crippen MR) is 116 cm³/mol. The van der Waals surface area contributed by atoms with E-state index in [4.69, 9.17) is 23.2 Å². The van der Waals surface area contributed by atoms with Gasteiger partial charge in [0.05, 0.1) is 22.3 Å². The first-order valence-corrected chi connectivity index (χ1v) is 10.2. The predicted octanol–water partition coefficient (Wildman–Crippen LogP) is 5.26. The lowest BCUT2D eigenvalue weighted by Crippen LogP contribution is -2.29. The minimum atomic E-state index is -0.153. The van der Waals surface area contributed by atoms with Gasteiger partial charge in [-0.3, -0.25) is 4.79 Å². The van der Waals surface area contributed by atoms with Gasteiger partial charge in [-0.15, -0.1) is 0 Å². The van der Waals surface area contributed by atoms with Gasteiger partial charge in [0.15, 0.2) is 0 Å². The fraction of sp³-hybridized carbons (Fsp3) is 0.273. The van der Waals surface area contributed by atoms with E-state index in [9.17, 15) is 4.79 Å². The second-order valence-electron chi connectivity index (χ2n) is 7.06. The molecule has 0 bridgehead atoms. The maximum atomic E-state index is 12.3. The van der Waals surface area contributed by atoms with E-state index >= 15 is 0 Å². The molecular weight excluding hydrogens is 393 g/mol. The largest absolute Gasteiger partial charge is 0.372 e. The van der Waals surface area contributed by atoms with Gasteiger partial charge in [0.2, 0.25) is 0 Å². The minimum Gasteiger partial charge on any atom is -0.372 e. The van der Waals surface area contributed by atoms with E-state index < -0.39 is 0 Å². The van der Waals surface area contributed by atoms with Crippen LogP contribution in [0.4, 0.5) is 5.69 Å². The summed E-state index contributed by atoms with van der Waals surface area (Å²) in [5.41, 5.74) is 3.72. The van der Waals surface area contributed by atoms with Crippen molar-refractivity contribution < 1.29 is 0 Å². The summed E-state index contributed by atoms with van der Waals surface area (Å²) in [6.45, 7) is 2.58. The minimum absolute atomic E-state index is 0.153. The number of anilines is 1. The normalized spacial score (nSPS) is 14.3. The van der Waals surface area contributed by atoms with E-state index in [0.717, 1.165) is 29.9 Å². The summed E-state index contributed by atoms with van der Waals surface area (Å²) in [6.07, 6.45) is 3.82. The molecule has 3 aromatic rings. The molecule has 1 aliphatic rings. The second kappa shape index (κ2) is 8.38. The molecule has 0 radical (unpaired) electrons. The van der Waals surface area contributed by atoms with Crippen molar-refractivity contribution >= 4 is 28.9 Å². The van der Waals surface area contributed by atoms with Crippen molar-refractivity contribution in [3.8, 4) is 11.3 Å². The van der Waals surface area contributed by atoms with Gasteiger partial charge in [-0.1, -0.05) is 41.4 Å². The van der Waals surface area contributed by atoms with Crippen LogP contribution in [0.2, 0.25) is 10.0 Å². The van der Waals surface area contributed by atoms with Crippen molar-refractivity contribution in [1.82, 2.24) is 9.78 Å². The van der Waals surface area contributed by atoms with Crippen LogP contribution in [0, 0.1) is 0 Å². The lowest BCUT2D eigenvalue weighted by molar-refractivity contribution is 0.578. The third-order valence-corrected chi connectivity index (χ3v) is 5.81. The highest BCUT2D eigenvalue weighted by molar-refractivity contribution is 6.42. The van der Waals surface area contributed by atoms with Crippen LogP contribution in [0.15, 0.2) is 59.4 Å². The van der Waals surface area contributed by atoms with Gasteiger partial charge in [0, 0.05) is 30.4 Å². The van der Waals surface area contributed by atoms with E-state index in [1.165, 1.54) is 29.6 Å². The van der Waals surface area contributed by atoms with Crippen LogP contribution < -0.4 is 10.5 Å². The van der Waals surface area contributed by atoms with Crippen LogP contribution in [-0.2, 0) is 6.54 Å². The molecule has 144 valence electrons. The van der Waals surface area contributed by atoms with Crippen molar-refractivity contribution in [3.05, 3.63) is 80.6 Å². The molecule has 1 aromatic heterocycles. The molecule has 1 aliphatic heterocycles. The van der Waals surface area contributed by atoms with Crippen LogP contribution in [0.5, 0.6) is 0 Å². The topological polar surface area (TPSA) is 38.1 Å². The summed E-state index contributed by atoms with van der Waals surface area (Å²) < 4.78 is 1.45. The van der Waals surface area contributed by atoms with Gasteiger partial charge in [-0.05, 0) is 55.2 Å². The Labute approximate surface area is 174 Å². The Morgan fingerprint density at radius 1 is 0.857 bits per heavy atom. The van der Waals surface area contributed by atoms with Crippen LogP contribution in [0.1, 0.15) is 24.8 Å². The van der Waals surface area contributed by atoms with Gasteiger partial charge >= 0.3 is 0 Å². The summed E-state index contributed by atoms with van der Waals surface area (Å²) in [5.74, 6) is 0. The summed E-state index contributed by atoms with van der Waals surface area (Å²) in [7, 11) is 0. The third-order valence-electron chi connectivity index (χ3n) is 5.07. The molecule has 4 nitrogen and oxygen atoms in total. The van der Waals surface area contributed by atoms with Gasteiger partial charge in [0.25, 0.3) is 5.56 Å². The molecule has 28 heavy (non-hydrogen) atoms. The highest BCUT2D eigenvalue weighted by Crippen LogP contribution is 2.25. The Hall–Kier alpha value is -2.30. The Morgan fingerprint density at radius 3 is 2.32 bits per heavy atom. The number of nitrogens with zero attached hydrogens (tertiary/aromatic N) is 3. The summed E-state index contributed by atoms with van der Waals surface area (Å²) in [5, 5.41) is 5.51. The van der Waals surface area contributed by atoms with Crippen LogP contribution in [-0.4, -0.2) is 22.9 Å². The van der Waals surface area contributed by atoms with Crippen molar-refractivity contribution in [1.29, 1.82) is 0 Å².